The highest BCUT2D eigenvalue weighted by Crippen LogP contribution is 2.35. The largest absolute Gasteiger partial charge is 0.325 e. The van der Waals surface area contributed by atoms with E-state index in [2.05, 4.69) is 52.8 Å². The van der Waals surface area contributed by atoms with Crippen LogP contribution in [0.5, 0.6) is 0 Å². The lowest BCUT2D eigenvalue weighted by atomic mass is 10.0. The Morgan fingerprint density at radius 3 is 2.37 bits per heavy atom. The van der Waals surface area contributed by atoms with Gasteiger partial charge in [0.1, 0.15) is 0 Å². The molecule has 2 aromatic rings. The van der Waals surface area contributed by atoms with Crippen LogP contribution in [-0.2, 0) is 4.57 Å². The number of hydrogen-bond acceptors (Lipinski definition) is 3. The van der Waals surface area contributed by atoms with E-state index < -0.39 is 7.60 Å². The van der Waals surface area contributed by atoms with Gasteiger partial charge in [0.25, 0.3) is 0 Å². The Bertz CT molecular complexity index is 864. The van der Waals surface area contributed by atoms with Gasteiger partial charge in [0.15, 0.2) is 0 Å². The Hall–Kier alpha value is -1.78. The molecule has 6 heteroatoms. The minimum Gasteiger partial charge on any atom is -0.324 e. The summed E-state index contributed by atoms with van der Waals surface area (Å²) in [6.07, 6.45) is 13.8. The van der Waals surface area contributed by atoms with E-state index in [1.807, 2.05) is 25.3 Å². The van der Waals surface area contributed by atoms with Crippen molar-refractivity contribution in [2.75, 3.05) is 12.7 Å². The first-order valence-electron chi connectivity index (χ1n) is 10.5. The molecule has 162 valence electrons. The van der Waals surface area contributed by atoms with Gasteiger partial charge in [0.05, 0.1) is 0 Å². The summed E-state index contributed by atoms with van der Waals surface area (Å²) in [5.41, 5.74) is 3.49. The second kappa shape index (κ2) is 13.5. The molecule has 0 aliphatic rings. The van der Waals surface area contributed by atoms with Crippen LogP contribution in [0.4, 0.5) is 0 Å². The van der Waals surface area contributed by atoms with Crippen molar-refractivity contribution in [1.82, 2.24) is 0 Å². The number of benzene rings is 1. The van der Waals surface area contributed by atoms with Gasteiger partial charge in [-0.2, -0.15) is 0 Å². The Morgan fingerprint density at radius 1 is 1.03 bits per heavy atom. The van der Waals surface area contributed by atoms with Crippen molar-refractivity contribution in [3.05, 3.63) is 65.6 Å². The maximum Gasteiger partial charge on any atom is 0.325 e. The third-order valence-corrected chi connectivity index (χ3v) is 6.53. The van der Waals surface area contributed by atoms with Gasteiger partial charge < -0.3 is 9.79 Å². The van der Waals surface area contributed by atoms with E-state index in [9.17, 15) is 4.57 Å². The number of hydrogen-bond donors (Lipinski definition) is 2. The van der Waals surface area contributed by atoms with Crippen LogP contribution < -0.4 is 0 Å². The summed E-state index contributed by atoms with van der Waals surface area (Å²) in [4.78, 5) is 23.6. The highest BCUT2D eigenvalue weighted by atomic mass is 32.1. The normalized spacial score (nSPS) is 13.0. The van der Waals surface area contributed by atoms with E-state index in [-0.39, 0.29) is 6.16 Å². The molecule has 0 saturated carbocycles. The molecule has 0 fully saturated rings. The molecule has 1 heterocycles. The van der Waals surface area contributed by atoms with Crippen LogP contribution in [0, 0.1) is 0 Å². The molecular weight excluding hydrogens is 413 g/mol. The second-order valence-corrected chi connectivity index (χ2v) is 9.97. The van der Waals surface area contributed by atoms with Gasteiger partial charge >= 0.3 is 7.60 Å². The van der Waals surface area contributed by atoms with Crippen LogP contribution in [0.15, 0.2) is 65.0 Å². The van der Waals surface area contributed by atoms with E-state index in [0.717, 1.165) is 49.8 Å². The van der Waals surface area contributed by atoms with E-state index in [1.54, 1.807) is 11.3 Å². The van der Waals surface area contributed by atoms with Gasteiger partial charge in [0, 0.05) is 23.8 Å². The first kappa shape index (κ1) is 24.5. The molecule has 30 heavy (non-hydrogen) atoms. The summed E-state index contributed by atoms with van der Waals surface area (Å²) in [5.74, 6) is 0. The highest BCUT2D eigenvalue weighted by Gasteiger charge is 2.10. The van der Waals surface area contributed by atoms with Gasteiger partial charge in [-0.1, -0.05) is 74.2 Å². The van der Waals surface area contributed by atoms with Crippen LogP contribution in [0.25, 0.3) is 16.0 Å². The molecule has 0 spiro atoms. The monoisotopic (exact) mass is 445 g/mol. The Labute approximate surface area is 184 Å². The summed E-state index contributed by atoms with van der Waals surface area (Å²) >= 11 is 1.75. The SMILES string of the molecule is C/C=C\C=C(/C=NCCCCCCCCP(=O)(O)O)c1ccc(-c2cccs2)cc1. The lowest BCUT2D eigenvalue weighted by molar-refractivity contribution is 0.370. The van der Waals surface area contributed by atoms with Crippen LogP contribution in [0.2, 0.25) is 0 Å². The average molecular weight is 446 g/mol. The number of allylic oxidation sites excluding steroid dienone is 4. The molecule has 1 aromatic heterocycles. The van der Waals surface area contributed by atoms with Crippen LogP contribution in [0.3, 0.4) is 0 Å². The van der Waals surface area contributed by atoms with Crippen molar-refractivity contribution in [3.63, 3.8) is 0 Å². The van der Waals surface area contributed by atoms with E-state index in [0.29, 0.717) is 6.42 Å². The third-order valence-electron chi connectivity index (χ3n) is 4.71. The smallest absolute Gasteiger partial charge is 0.324 e. The maximum absolute atomic E-state index is 10.8. The fourth-order valence-corrected chi connectivity index (χ4v) is 4.44. The maximum atomic E-state index is 10.8. The second-order valence-electron chi connectivity index (χ2n) is 7.25. The van der Waals surface area contributed by atoms with Crippen molar-refractivity contribution < 1.29 is 14.4 Å². The van der Waals surface area contributed by atoms with Gasteiger partial charge in [-0.25, -0.2) is 0 Å². The minimum atomic E-state index is -3.82. The van der Waals surface area contributed by atoms with E-state index in [4.69, 9.17) is 9.79 Å². The van der Waals surface area contributed by atoms with Gasteiger partial charge in [-0.05, 0) is 47.9 Å². The summed E-state index contributed by atoms with van der Waals surface area (Å²) < 4.78 is 10.8. The van der Waals surface area contributed by atoms with E-state index >= 15 is 0 Å². The van der Waals surface area contributed by atoms with Crippen molar-refractivity contribution >= 4 is 30.7 Å². The zero-order valence-electron chi connectivity index (χ0n) is 17.6. The molecule has 2 rings (SSSR count). The Morgan fingerprint density at radius 2 is 1.73 bits per heavy atom. The molecule has 1 aromatic carbocycles. The number of unbranched alkanes of at least 4 members (excludes halogenated alkanes) is 5. The number of rotatable bonds is 13. The predicted molar refractivity (Wildman–Crippen MR) is 131 cm³/mol. The Kier molecular flexibility index (Phi) is 11.0. The first-order chi connectivity index (χ1) is 14.5. The van der Waals surface area contributed by atoms with Crippen molar-refractivity contribution in [2.24, 2.45) is 4.99 Å². The van der Waals surface area contributed by atoms with Crippen LogP contribution >= 0.6 is 18.9 Å². The number of aliphatic imine (C=N–C) groups is 1. The average Bonchev–Trinajstić information content (AvgIpc) is 3.26. The molecule has 0 radical (unpaired) electrons. The predicted octanol–water partition coefficient (Wildman–Crippen LogP) is 6.96. The first-order valence-corrected chi connectivity index (χ1v) is 13.2. The van der Waals surface area contributed by atoms with Crippen molar-refractivity contribution in [3.8, 4) is 10.4 Å². The zero-order valence-corrected chi connectivity index (χ0v) is 19.3. The third kappa shape index (κ3) is 9.82. The summed E-state index contributed by atoms with van der Waals surface area (Å²) in [5, 5.41) is 2.09. The van der Waals surface area contributed by atoms with E-state index in [1.165, 1.54) is 10.4 Å². The van der Waals surface area contributed by atoms with Gasteiger partial charge in [-0.3, -0.25) is 9.56 Å². The summed E-state index contributed by atoms with van der Waals surface area (Å²) in [7, 11) is -3.82. The molecule has 0 aliphatic carbocycles. The van der Waals surface area contributed by atoms with Crippen LogP contribution in [0.1, 0.15) is 51.0 Å². The number of nitrogens with zero attached hydrogens (tertiary/aromatic N) is 1. The topological polar surface area (TPSA) is 69.9 Å². The zero-order chi connectivity index (χ0) is 21.7. The summed E-state index contributed by atoms with van der Waals surface area (Å²) in [6, 6.07) is 12.8. The standard InChI is InChI=1S/C24H32NO3PS/c1-2-3-11-23(21-13-15-22(16-14-21)24-12-10-19-30-24)20-25-17-8-6-4-5-7-9-18-29(26,27)28/h2-3,10-16,19-20H,4-9,17-18H2,1H3,(H2,26,27,28)/b3-2-,23-11+,25-20?. The quantitative estimate of drug-likeness (QED) is 0.151. The lowest BCUT2D eigenvalue weighted by Crippen LogP contribution is -1.90. The fourth-order valence-electron chi connectivity index (χ4n) is 3.07. The molecule has 0 unspecified atom stereocenters. The van der Waals surface area contributed by atoms with Gasteiger partial charge in [-0.15, -0.1) is 11.3 Å². The molecular formula is C24H32NO3PS. The van der Waals surface area contributed by atoms with Crippen molar-refractivity contribution in [1.29, 1.82) is 0 Å². The molecule has 4 nitrogen and oxygen atoms in total. The van der Waals surface area contributed by atoms with Crippen LogP contribution in [-0.4, -0.2) is 28.7 Å². The number of thiophene rings is 1. The molecule has 0 atom stereocenters. The molecule has 0 amide bonds. The Balaban J connectivity index is 1.77. The lowest BCUT2D eigenvalue weighted by Gasteiger charge is -2.04. The van der Waals surface area contributed by atoms with Gasteiger partial charge in [0.2, 0.25) is 0 Å². The fraction of sp³-hybridized carbons (Fsp3) is 0.375. The summed E-state index contributed by atoms with van der Waals surface area (Å²) in [6.45, 7) is 2.80. The molecule has 0 aliphatic heterocycles. The molecule has 0 saturated heterocycles. The molecule has 2 N–H and O–H groups in total. The minimum absolute atomic E-state index is 0.00686. The molecule has 0 bridgehead atoms. The van der Waals surface area contributed by atoms with Crippen molar-refractivity contribution in [2.45, 2.75) is 45.4 Å². The highest BCUT2D eigenvalue weighted by molar-refractivity contribution is 7.51.